The zero-order valence-electron chi connectivity index (χ0n) is 11.7. The van der Waals surface area contributed by atoms with E-state index < -0.39 is 0 Å². The van der Waals surface area contributed by atoms with Gasteiger partial charge in [0.15, 0.2) is 0 Å². The fourth-order valence-corrected chi connectivity index (χ4v) is 4.34. The molecule has 2 aliphatic rings. The van der Waals surface area contributed by atoms with Crippen molar-refractivity contribution in [2.45, 2.75) is 38.9 Å². The monoisotopic (exact) mass is 256 g/mol. The Morgan fingerprint density at radius 1 is 1.41 bits per heavy atom. The molecule has 17 heavy (non-hydrogen) atoms. The van der Waals surface area contributed by atoms with Gasteiger partial charge in [-0.1, -0.05) is 20.8 Å². The Labute approximate surface area is 111 Å². The Balaban J connectivity index is 1.86. The van der Waals surface area contributed by atoms with Gasteiger partial charge in [-0.05, 0) is 37.3 Å². The third kappa shape index (κ3) is 3.87. The Kier molecular flexibility index (Phi) is 4.79. The molecule has 2 rings (SSSR count). The molecule has 2 fully saturated rings. The average Bonchev–Trinajstić information content (AvgIpc) is 2.29. The maximum absolute atomic E-state index is 3.56. The third-order valence-electron chi connectivity index (χ3n) is 4.36. The molecule has 2 unspecified atom stereocenters. The number of thioether (sulfide) groups is 1. The topological polar surface area (TPSA) is 15.3 Å². The molecule has 0 aromatic rings. The highest BCUT2D eigenvalue weighted by atomic mass is 32.2. The molecule has 2 atom stereocenters. The smallest absolute Gasteiger partial charge is 0.0147 e. The third-order valence-corrected chi connectivity index (χ3v) is 5.49. The van der Waals surface area contributed by atoms with Crippen molar-refractivity contribution in [3.63, 3.8) is 0 Å². The Morgan fingerprint density at radius 3 is 2.88 bits per heavy atom. The van der Waals surface area contributed by atoms with Gasteiger partial charge in [0.1, 0.15) is 0 Å². The van der Waals surface area contributed by atoms with E-state index in [0.29, 0.717) is 5.41 Å². The van der Waals surface area contributed by atoms with Crippen LogP contribution in [-0.4, -0.2) is 48.6 Å². The predicted octanol–water partition coefficient (Wildman–Crippen LogP) is 2.45. The number of nitrogens with one attached hydrogen (secondary N) is 1. The molecule has 3 heteroatoms. The molecular formula is C14H28N2S. The van der Waals surface area contributed by atoms with E-state index in [0.717, 1.165) is 11.2 Å². The van der Waals surface area contributed by atoms with Gasteiger partial charge in [0.2, 0.25) is 0 Å². The Hall–Kier alpha value is 0.270. The molecule has 100 valence electrons. The van der Waals surface area contributed by atoms with E-state index in [1.54, 1.807) is 0 Å². The predicted molar refractivity (Wildman–Crippen MR) is 77.7 cm³/mol. The lowest BCUT2D eigenvalue weighted by molar-refractivity contribution is 0.103. The quantitative estimate of drug-likeness (QED) is 0.835. The van der Waals surface area contributed by atoms with E-state index in [1.165, 1.54) is 51.3 Å². The second kappa shape index (κ2) is 5.94. The molecule has 2 saturated heterocycles. The summed E-state index contributed by atoms with van der Waals surface area (Å²) in [5.74, 6) is 2.18. The molecule has 2 heterocycles. The van der Waals surface area contributed by atoms with Crippen LogP contribution in [-0.2, 0) is 0 Å². The molecule has 0 aromatic heterocycles. The van der Waals surface area contributed by atoms with Crippen LogP contribution < -0.4 is 5.32 Å². The van der Waals surface area contributed by atoms with Crippen molar-refractivity contribution in [2.75, 3.05) is 38.5 Å². The molecule has 0 saturated carbocycles. The zero-order valence-corrected chi connectivity index (χ0v) is 12.5. The van der Waals surface area contributed by atoms with Gasteiger partial charge in [-0.25, -0.2) is 0 Å². The van der Waals surface area contributed by atoms with Crippen LogP contribution >= 0.6 is 11.8 Å². The molecule has 0 aromatic carbocycles. The first-order chi connectivity index (χ1) is 8.08. The highest BCUT2D eigenvalue weighted by molar-refractivity contribution is 7.99. The van der Waals surface area contributed by atoms with Crippen molar-refractivity contribution in [1.82, 2.24) is 10.2 Å². The molecule has 0 radical (unpaired) electrons. The summed E-state index contributed by atoms with van der Waals surface area (Å²) < 4.78 is 0. The van der Waals surface area contributed by atoms with E-state index in [2.05, 4.69) is 42.7 Å². The minimum absolute atomic E-state index is 0.467. The molecule has 0 bridgehead atoms. The maximum Gasteiger partial charge on any atom is 0.0147 e. The van der Waals surface area contributed by atoms with Crippen LogP contribution in [0.4, 0.5) is 0 Å². The molecule has 2 aliphatic heterocycles. The van der Waals surface area contributed by atoms with Gasteiger partial charge in [-0.2, -0.15) is 11.8 Å². The molecule has 0 spiro atoms. The lowest BCUT2D eigenvalue weighted by Gasteiger charge is -2.42. The Morgan fingerprint density at radius 2 is 2.24 bits per heavy atom. The number of rotatable bonds is 3. The van der Waals surface area contributed by atoms with Crippen LogP contribution in [0.15, 0.2) is 0 Å². The second-order valence-electron chi connectivity index (χ2n) is 6.45. The lowest BCUT2D eigenvalue weighted by atomic mass is 9.74. The summed E-state index contributed by atoms with van der Waals surface area (Å²) in [6.45, 7) is 13.6. The minimum atomic E-state index is 0.467. The van der Waals surface area contributed by atoms with Crippen molar-refractivity contribution in [1.29, 1.82) is 0 Å². The minimum Gasteiger partial charge on any atom is -0.316 e. The van der Waals surface area contributed by atoms with Gasteiger partial charge < -0.3 is 10.2 Å². The summed E-state index contributed by atoms with van der Waals surface area (Å²) in [5.41, 5.74) is 0.467. The average molecular weight is 256 g/mol. The summed E-state index contributed by atoms with van der Waals surface area (Å²) in [4.78, 5) is 2.69. The largest absolute Gasteiger partial charge is 0.316 e. The molecule has 2 nitrogen and oxygen atoms in total. The number of hydrogen-bond donors (Lipinski definition) is 1. The first kappa shape index (κ1) is 13.7. The van der Waals surface area contributed by atoms with Gasteiger partial charge >= 0.3 is 0 Å². The molecular weight excluding hydrogens is 228 g/mol. The second-order valence-corrected chi connectivity index (χ2v) is 7.99. The maximum atomic E-state index is 3.56. The summed E-state index contributed by atoms with van der Waals surface area (Å²) in [6.07, 6.45) is 2.78. The van der Waals surface area contributed by atoms with Crippen LogP contribution in [0.3, 0.4) is 0 Å². The molecule has 0 amide bonds. The lowest BCUT2D eigenvalue weighted by Crippen LogP contribution is -2.47. The van der Waals surface area contributed by atoms with E-state index in [1.807, 2.05) is 0 Å². The fourth-order valence-electron chi connectivity index (χ4n) is 3.26. The molecule has 0 aliphatic carbocycles. The van der Waals surface area contributed by atoms with E-state index in [-0.39, 0.29) is 0 Å². The normalized spacial score (nSPS) is 32.6. The van der Waals surface area contributed by atoms with Crippen LogP contribution in [0.5, 0.6) is 0 Å². The fraction of sp³-hybridized carbons (Fsp3) is 1.00. The van der Waals surface area contributed by atoms with Crippen molar-refractivity contribution in [3.8, 4) is 0 Å². The van der Waals surface area contributed by atoms with E-state index >= 15 is 0 Å². The Bertz CT molecular complexity index is 236. The highest BCUT2D eigenvalue weighted by Gasteiger charge is 2.33. The summed E-state index contributed by atoms with van der Waals surface area (Å²) >= 11 is 2.13. The van der Waals surface area contributed by atoms with Crippen LogP contribution in [0.1, 0.15) is 33.6 Å². The molecule has 1 N–H and O–H groups in total. The van der Waals surface area contributed by atoms with E-state index in [4.69, 9.17) is 0 Å². The number of nitrogens with zero attached hydrogens (tertiary/aromatic N) is 1. The van der Waals surface area contributed by atoms with Crippen LogP contribution in [0.25, 0.3) is 0 Å². The van der Waals surface area contributed by atoms with Gasteiger partial charge in [-0.15, -0.1) is 0 Å². The van der Waals surface area contributed by atoms with Gasteiger partial charge in [0.05, 0.1) is 0 Å². The van der Waals surface area contributed by atoms with Crippen molar-refractivity contribution in [2.24, 2.45) is 11.3 Å². The van der Waals surface area contributed by atoms with Crippen molar-refractivity contribution >= 4 is 11.8 Å². The van der Waals surface area contributed by atoms with Gasteiger partial charge in [-0.3, -0.25) is 0 Å². The van der Waals surface area contributed by atoms with E-state index in [9.17, 15) is 0 Å². The summed E-state index contributed by atoms with van der Waals surface area (Å²) in [6, 6.07) is 0. The van der Waals surface area contributed by atoms with Crippen LogP contribution in [0, 0.1) is 11.3 Å². The highest BCUT2D eigenvalue weighted by Crippen LogP contribution is 2.33. The first-order valence-corrected chi connectivity index (χ1v) is 8.17. The van der Waals surface area contributed by atoms with Gasteiger partial charge in [0, 0.05) is 30.6 Å². The summed E-state index contributed by atoms with van der Waals surface area (Å²) in [5, 5.41) is 4.39. The number of piperidine rings is 1. The van der Waals surface area contributed by atoms with Gasteiger partial charge in [0.25, 0.3) is 0 Å². The van der Waals surface area contributed by atoms with Crippen molar-refractivity contribution < 1.29 is 0 Å². The standard InChI is InChI=1S/C14H28N2S/c1-12-10-16(7-8-17-12)11-14(2,3)13-5-4-6-15-9-13/h12-13,15H,4-11H2,1-3H3. The SMILES string of the molecule is CC1CN(CC(C)(C)C2CCCNC2)CCS1. The summed E-state index contributed by atoms with van der Waals surface area (Å²) in [7, 11) is 0. The number of hydrogen-bond acceptors (Lipinski definition) is 3. The zero-order chi connectivity index (χ0) is 12.3. The van der Waals surface area contributed by atoms with Crippen molar-refractivity contribution in [3.05, 3.63) is 0 Å². The van der Waals surface area contributed by atoms with Crippen LogP contribution in [0.2, 0.25) is 0 Å². The first-order valence-electron chi connectivity index (χ1n) is 7.12.